The Morgan fingerprint density at radius 3 is 2.56 bits per heavy atom. The maximum absolute atomic E-state index is 13.9. The predicted molar refractivity (Wildman–Crippen MR) is 148 cm³/mol. The molecule has 2 aromatic rings. The molecule has 3 N–H and O–H groups in total. The molecule has 9 nitrogen and oxygen atoms in total. The number of fused-ring (bicyclic) bond motifs is 1. The molecule has 39 heavy (non-hydrogen) atoms. The SMILES string of the molecule is CCOc1ccc(NC(=O)[C@H]2[C@H]3C(=O)N(CCCCO)C(C(=O)NCc4ccccc4)C34CC(Br)[C@@H]2O4)cc1. The fourth-order valence-corrected chi connectivity index (χ4v) is 7.22. The fraction of sp³-hybridized carbons (Fsp3) is 0.483. The van der Waals surface area contributed by atoms with Gasteiger partial charge in [0.2, 0.25) is 17.7 Å². The van der Waals surface area contributed by atoms with Gasteiger partial charge in [-0.15, -0.1) is 0 Å². The number of hydrogen-bond acceptors (Lipinski definition) is 6. The minimum absolute atomic E-state index is 0.00334. The number of amides is 3. The lowest BCUT2D eigenvalue weighted by molar-refractivity contribution is -0.141. The highest BCUT2D eigenvalue weighted by Crippen LogP contribution is 2.60. The largest absolute Gasteiger partial charge is 0.494 e. The molecule has 208 valence electrons. The van der Waals surface area contributed by atoms with Gasteiger partial charge in [-0.25, -0.2) is 0 Å². The minimum atomic E-state index is -1.11. The molecule has 0 radical (unpaired) electrons. The Kier molecular flexibility index (Phi) is 8.25. The third kappa shape index (κ3) is 5.17. The van der Waals surface area contributed by atoms with Crippen molar-refractivity contribution < 1.29 is 29.0 Å². The first-order chi connectivity index (χ1) is 18.9. The van der Waals surface area contributed by atoms with Gasteiger partial charge in [-0.3, -0.25) is 14.4 Å². The third-order valence-corrected chi connectivity index (χ3v) is 8.73. The Morgan fingerprint density at radius 1 is 1.13 bits per heavy atom. The van der Waals surface area contributed by atoms with Crippen LogP contribution in [-0.2, 0) is 25.7 Å². The van der Waals surface area contributed by atoms with Crippen LogP contribution in [0.4, 0.5) is 5.69 Å². The molecule has 0 saturated carbocycles. The number of aliphatic hydroxyl groups excluding tert-OH is 1. The van der Waals surface area contributed by atoms with Crippen molar-refractivity contribution in [2.45, 2.75) is 55.3 Å². The van der Waals surface area contributed by atoms with Crippen LogP contribution in [0.2, 0.25) is 0 Å². The number of alkyl halides is 1. The number of aliphatic hydroxyl groups is 1. The number of carbonyl (C=O) groups is 3. The smallest absolute Gasteiger partial charge is 0.246 e. The summed E-state index contributed by atoms with van der Waals surface area (Å²) in [7, 11) is 0. The lowest BCUT2D eigenvalue weighted by atomic mass is 9.70. The molecule has 3 heterocycles. The lowest BCUT2D eigenvalue weighted by Crippen LogP contribution is -2.55. The van der Waals surface area contributed by atoms with Crippen molar-refractivity contribution in [2.24, 2.45) is 11.8 Å². The van der Waals surface area contributed by atoms with E-state index in [2.05, 4.69) is 26.6 Å². The maximum atomic E-state index is 13.9. The number of benzene rings is 2. The first kappa shape index (κ1) is 27.6. The molecule has 3 aliphatic rings. The van der Waals surface area contributed by atoms with Crippen LogP contribution in [0, 0.1) is 11.8 Å². The van der Waals surface area contributed by atoms with Gasteiger partial charge in [0.1, 0.15) is 17.4 Å². The molecule has 5 rings (SSSR count). The van der Waals surface area contributed by atoms with Crippen LogP contribution >= 0.6 is 15.9 Å². The van der Waals surface area contributed by atoms with Crippen molar-refractivity contribution in [3.63, 3.8) is 0 Å². The van der Waals surface area contributed by atoms with E-state index in [1.54, 1.807) is 29.2 Å². The number of nitrogens with one attached hydrogen (secondary N) is 2. The highest BCUT2D eigenvalue weighted by atomic mass is 79.9. The lowest BCUT2D eigenvalue weighted by Gasteiger charge is -2.34. The molecule has 0 aromatic heterocycles. The van der Waals surface area contributed by atoms with Gasteiger partial charge in [0, 0.05) is 30.2 Å². The van der Waals surface area contributed by atoms with Crippen LogP contribution in [-0.4, -0.2) is 70.1 Å². The van der Waals surface area contributed by atoms with Crippen LogP contribution in [0.15, 0.2) is 54.6 Å². The van der Waals surface area contributed by atoms with E-state index in [4.69, 9.17) is 9.47 Å². The third-order valence-electron chi connectivity index (χ3n) is 7.89. The molecular weight excluding hydrogens is 566 g/mol. The van der Waals surface area contributed by atoms with E-state index in [0.29, 0.717) is 50.4 Å². The van der Waals surface area contributed by atoms with Gasteiger partial charge in [0.25, 0.3) is 0 Å². The normalized spacial score (nSPS) is 28.8. The van der Waals surface area contributed by atoms with Crippen LogP contribution in [0.5, 0.6) is 5.75 Å². The van der Waals surface area contributed by atoms with E-state index in [9.17, 15) is 19.5 Å². The molecular formula is C29H34BrN3O6. The monoisotopic (exact) mass is 599 g/mol. The summed E-state index contributed by atoms with van der Waals surface area (Å²) in [6.45, 7) is 3.06. The van der Waals surface area contributed by atoms with E-state index >= 15 is 0 Å². The molecule has 3 saturated heterocycles. The molecule has 2 aromatic carbocycles. The zero-order valence-corrected chi connectivity index (χ0v) is 23.4. The fourth-order valence-electron chi connectivity index (χ4n) is 6.27. The molecule has 1 spiro atoms. The second-order valence-corrected chi connectivity index (χ2v) is 11.5. The van der Waals surface area contributed by atoms with Gasteiger partial charge >= 0.3 is 0 Å². The molecule has 10 heteroatoms. The Labute approximate surface area is 236 Å². The van der Waals surface area contributed by atoms with Crippen molar-refractivity contribution in [1.29, 1.82) is 0 Å². The van der Waals surface area contributed by atoms with Gasteiger partial charge in [-0.1, -0.05) is 46.3 Å². The first-order valence-corrected chi connectivity index (χ1v) is 14.4. The molecule has 3 unspecified atom stereocenters. The highest BCUT2D eigenvalue weighted by molar-refractivity contribution is 9.09. The van der Waals surface area contributed by atoms with Crippen LogP contribution in [0.25, 0.3) is 0 Å². The van der Waals surface area contributed by atoms with Crippen molar-refractivity contribution in [2.75, 3.05) is 25.1 Å². The Balaban J connectivity index is 1.40. The standard InChI is InChI=1S/C29H34BrN3O6/c1-2-38-20-12-10-19(11-13-20)32-26(35)22-23-28(37)33(14-6-7-15-34)25(29(23)16-21(30)24(22)39-29)27(36)31-17-18-8-4-3-5-9-18/h3-5,8-13,21-25,34H,2,6-7,14-17H2,1H3,(H,31,36)(H,32,35)/t21?,22-,23-,24-,25?,29?/m0/s1. The summed E-state index contributed by atoms with van der Waals surface area (Å²) in [5.74, 6) is -1.69. The second-order valence-electron chi connectivity index (χ2n) is 10.3. The van der Waals surface area contributed by atoms with Crippen molar-refractivity contribution in [3.8, 4) is 5.75 Å². The van der Waals surface area contributed by atoms with E-state index in [0.717, 1.165) is 5.56 Å². The zero-order valence-electron chi connectivity index (χ0n) is 21.8. The van der Waals surface area contributed by atoms with Gasteiger partial charge in [0.15, 0.2) is 0 Å². The highest BCUT2D eigenvalue weighted by Gasteiger charge is 2.76. The van der Waals surface area contributed by atoms with Crippen LogP contribution in [0.3, 0.4) is 0 Å². The minimum Gasteiger partial charge on any atom is -0.494 e. The van der Waals surface area contributed by atoms with E-state index in [-0.39, 0.29) is 29.2 Å². The van der Waals surface area contributed by atoms with E-state index < -0.39 is 29.6 Å². The average Bonchev–Trinajstić information content (AvgIpc) is 3.53. The molecule has 3 fully saturated rings. The first-order valence-electron chi connectivity index (χ1n) is 13.5. The van der Waals surface area contributed by atoms with Crippen molar-refractivity contribution in [3.05, 3.63) is 60.2 Å². The summed E-state index contributed by atoms with van der Waals surface area (Å²) in [6.07, 6.45) is 0.954. The summed E-state index contributed by atoms with van der Waals surface area (Å²) in [5, 5.41) is 15.3. The van der Waals surface area contributed by atoms with Gasteiger partial charge in [-0.05, 0) is 56.0 Å². The number of anilines is 1. The topological polar surface area (TPSA) is 117 Å². The summed E-state index contributed by atoms with van der Waals surface area (Å²) in [4.78, 5) is 42.7. The zero-order chi connectivity index (χ0) is 27.6. The number of hydrogen-bond donors (Lipinski definition) is 3. The summed E-state index contributed by atoms with van der Waals surface area (Å²) in [5.41, 5.74) is 0.420. The number of nitrogens with zero attached hydrogens (tertiary/aromatic N) is 1. The number of carbonyl (C=O) groups excluding carboxylic acids is 3. The van der Waals surface area contributed by atoms with Gasteiger partial charge < -0.3 is 30.1 Å². The Bertz CT molecular complexity index is 1200. The number of rotatable bonds is 11. The summed E-state index contributed by atoms with van der Waals surface area (Å²) < 4.78 is 12.0. The van der Waals surface area contributed by atoms with E-state index in [1.165, 1.54) is 0 Å². The van der Waals surface area contributed by atoms with Gasteiger partial charge in [0.05, 0.1) is 24.5 Å². The molecule has 3 amide bonds. The Morgan fingerprint density at radius 2 is 1.87 bits per heavy atom. The quantitative estimate of drug-likeness (QED) is 0.270. The predicted octanol–water partition coefficient (Wildman–Crippen LogP) is 2.86. The maximum Gasteiger partial charge on any atom is 0.246 e. The molecule has 3 aliphatic heterocycles. The average molecular weight is 601 g/mol. The van der Waals surface area contributed by atoms with Crippen molar-refractivity contribution >= 4 is 39.3 Å². The number of ether oxygens (including phenoxy) is 2. The number of likely N-dealkylation sites (tertiary alicyclic amines) is 1. The molecule has 0 aliphatic carbocycles. The second kappa shape index (κ2) is 11.7. The van der Waals surface area contributed by atoms with Crippen molar-refractivity contribution in [1.82, 2.24) is 10.2 Å². The summed E-state index contributed by atoms with van der Waals surface area (Å²) >= 11 is 3.69. The van der Waals surface area contributed by atoms with Gasteiger partial charge in [-0.2, -0.15) is 0 Å². The van der Waals surface area contributed by atoms with E-state index in [1.807, 2.05) is 37.3 Å². The number of halogens is 1. The van der Waals surface area contributed by atoms with Crippen LogP contribution in [0.1, 0.15) is 31.7 Å². The Hall–Kier alpha value is -2.95. The van der Waals surface area contributed by atoms with Crippen LogP contribution < -0.4 is 15.4 Å². The molecule has 6 atom stereocenters. The number of unbranched alkanes of at least 4 members (excludes halogenated alkanes) is 1. The summed E-state index contributed by atoms with van der Waals surface area (Å²) in [6, 6.07) is 15.8. The molecule has 2 bridgehead atoms.